The lowest BCUT2D eigenvalue weighted by atomic mass is 10.1. The molecule has 0 saturated carbocycles. The van der Waals surface area contributed by atoms with Gasteiger partial charge in [-0.25, -0.2) is 0 Å². The molecule has 2 atom stereocenters. The van der Waals surface area contributed by atoms with Gasteiger partial charge in [0, 0.05) is 19.8 Å². The fourth-order valence-electron chi connectivity index (χ4n) is 2.04. The number of rotatable bonds is 5. The highest BCUT2D eigenvalue weighted by molar-refractivity contribution is 5.19. The second kappa shape index (κ2) is 5.99. The zero-order valence-corrected chi connectivity index (χ0v) is 9.69. The second-order valence-corrected chi connectivity index (χ2v) is 4.15. The van der Waals surface area contributed by atoms with Crippen molar-refractivity contribution < 1.29 is 9.47 Å². The monoisotopic (exact) mass is 221 g/mol. The molecule has 0 aromatic heterocycles. The summed E-state index contributed by atoms with van der Waals surface area (Å²) in [5, 5.41) is 3.58. The normalized spacial score (nSPS) is 22.2. The van der Waals surface area contributed by atoms with Gasteiger partial charge in [-0.15, -0.1) is 0 Å². The van der Waals surface area contributed by atoms with Gasteiger partial charge in [0.15, 0.2) is 0 Å². The van der Waals surface area contributed by atoms with Crippen molar-refractivity contribution in [1.29, 1.82) is 0 Å². The molecule has 2 unspecified atom stereocenters. The molecule has 1 fully saturated rings. The van der Waals surface area contributed by atoms with E-state index in [2.05, 4.69) is 29.6 Å². The van der Waals surface area contributed by atoms with Gasteiger partial charge in [0.1, 0.15) is 0 Å². The number of benzene rings is 1. The molecule has 0 spiro atoms. The Labute approximate surface area is 96.8 Å². The maximum Gasteiger partial charge on any atom is 0.0657 e. The number of nitrogens with one attached hydrogen (secondary N) is 1. The SMILES string of the molecule is COCC(NC1CCOC1)c1ccccc1. The summed E-state index contributed by atoms with van der Waals surface area (Å²) in [5.74, 6) is 0. The van der Waals surface area contributed by atoms with E-state index in [0.717, 1.165) is 19.6 Å². The number of methoxy groups -OCH3 is 1. The Balaban J connectivity index is 1.99. The molecule has 0 radical (unpaired) electrons. The molecule has 1 aromatic carbocycles. The van der Waals surface area contributed by atoms with Gasteiger partial charge in [0.25, 0.3) is 0 Å². The van der Waals surface area contributed by atoms with Crippen LogP contribution >= 0.6 is 0 Å². The van der Waals surface area contributed by atoms with E-state index >= 15 is 0 Å². The predicted molar refractivity (Wildman–Crippen MR) is 63.4 cm³/mol. The first-order chi connectivity index (χ1) is 7.90. The highest BCUT2D eigenvalue weighted by atomic mass is 16.5. The molecule has 16 heavy (non-hydrogen) atoms. The van der Waals surface area contributed by atoms with Gasteiger partial charge in [0.2, 0.25) is 0 Å². The molecule has 1 N–H and O–H groups in total. The van der Waals surface area contributed by atoms with Crippen LogP contribution in [-0.2, 0) is 9.47 Å². The maximum atomic E-state index is 5.37. The van der Waals surface area contributed by atoms with Crippen LogP contribution in [0.15, 0.2) is 30.3 Å². The van der Waals surface area contributed by atoms with Crippen molar-refractivity contribution in [1.82, 2.24) is 5.32 Å². The standard InChI is InChI=1S/C13H19NO2/c1-15-10-13(11-5-3-2-4-6-11)14-12-7-8-16-9-12/h2-6,12-14H,7-10H2,1H3. The van der Waals surface area contributed by atoms with Gasteiger partial charge < -0.3 is 14.8 Å². The van der Waals surface area contributed by atoms with E-state index in [0.29, 0.717) is 12.6 Å². The van der Waals surface area contributed by atoms with Gasteiger partial charge in [-0.05, 0) is 12.0 Å². The fraction of sp³-hybridized carbons (Fsp3) is 0.538. The first-order valence-corrected chi connectivity index (χ1v) is 5.78. The van der Waals surface area contributed by atoms with E-state index in [4.69, 9.17) is 9.47 Å². The van der Waals surface area contributed by atoms with Crippen molar-refractivity contribution in [3.8, 4) is 0 Å². The van der Waals surface area contributed by atoms with Crippen LogP contribution in [0.25, 0.3) is 0 Å². The van der Waals surface area contributed by atoms with Crippen LogP contribution in [0.5, 0.6) is 0 Å². The summed E-state index contributed by atoms with van der Waals surface area (Å²) in [6.07, 6.45) is 1.09. The number of hydrogen-bond acceptors (Lipinski definition) is 3. The van der Waals surface area contributed by atoms with E-state index in [1.54, 1.807) is 7.11 Å². The van der Waals surface area contributed by atoms with Crippen molar-refractivity contribution >= 4 is 0 Å². The minimum absolute atomic E-state index is 0.262. The molecule has 0 bridgehead atoms. The smallest absolute Gasteiger partial charge is 0.0657 e. The lowest BCUT2D eigenvalue weighted by Crippen LogP contribution is -2.35. The molecule has 3 nitrogen and oxygen atoms in total. The van der Waals surface area contributed by atoms with Crippen molar-refractivity contribution in [2.75, 3.05) is 26.9 Å². The Kier molecular flexibility index (Phi) is 4.34. The van der Waals surface area contributed by atoms with E-state index in [9.17, 15) is 0 Å². The van der Waals surface area contributed by atoms with Crippen LogP contribution in [-0.4, -0.2) is 33.0 Å². The average molecular weight is 221 g/mol. The molecule has 1 heterocycles. The molecule has 1 aliphatic heterocycles. The van der Waals surface area contributed by atoms with Crippen molar-refractivity contribution in [2.45, 2.75) is 18.5 Å². The zero-order valence-electron chi connectivity index (χ0n) is 9.69. The van der Waals surface area contributed by atoms with E-state index in [-0.39, 0.29) is 6.04 Å². The topological polar surface area (TPSA) is 30.5 Å². The lowest BCUT2D eigenvalue weighted by Gasteiger charge is -2.22. The van der Waals surface area contributed by atoms with Gasteiger partial charge >= 0.3 is 0 Å². The van der Waals surface area contributed by atoms with Crippen LogP contribution < -0.4 is 5.32 Å². The molecular formula is C13H19NO2. The molecule has 0 aliphatic carbocycles. The number of hydrogen-bond donors (Lipinski definition) is 1. The Bertz CT molecular complexity index is 296. The van der Waals surface area contributed by atoms with Crippen LogP contribution in [0, 0.1) is 0 Å². The van der Waals surface area contributed by atoms with Crippen molar-refractivity contribution in [3.05, 3.63) is 35.9 Å². The molecule has 3 heteroatoms. The molecule has 1 aliphatic rings. The van der Waals surface area contributed by atoms with Gasteiger partial charge in [-0.1, -0.05) is 30.3 Å². The fourth-order valence-corrected chi connectivity index (χ4v) is 2.04. The van der Waals surface area contributed by atoms with E-state index in [1.807, 2.05) is 6.07 Å². The average Bonchev–Trinajstić information content (AvgIpc) is 2.83. The van der Waals surface area contributed by atoms with Crippen molar-refractivity contribution in [3.63, 3.8) is 0 Å². The summed E-state index contributed by atoms with van der Waals surface area (Å²) in [6, 6.07) is 11.1. The summed E-state index contributed by atoms with van der Waals surface area (Å²) in [7, 11) is 1.74. The van der Waals surface area contributed by atoms with Gasteiger partial charge in [-0.3, -0.25) is 0 Å². The lowest BCUT2D eigenvalue weighted by molar-refractivity contribution is 0.152. The third-order valence-electron chi connectivity index (χ3n) is 2.90. The Morgan fingerprint density at radius 1 is 1.44 bits per heavy atom. The highest BCUT2D eigenvalue weighted by Crippen LogP contribution is 2.16. The zero-order chi connectivity index (χ0) is 11.2. The summed E-state index contributed by atoms with van der Waals surface area (Å²) in [6.45, 7) is 2.37. The Morgan fingerprint density at radius 2 is 2.25 bits per heavy atom. The minimum Gasteiger partial charge on any atom is -0.383 e. The summed E-state index contributed by atoms with van der Waals surface area (Å²) < 4.78 is 10.6. The largest absolute Gasteiger partial charge is 0.383 e. The third kappa shape index (κ3) is 3.04. The molecule has 1 saturated heterocycles. The second-order valence-electron chi connectivity index (χ2n) is 4.15. The third-order valence-corrected chi connectivity index (χ3v) is 2.90. The predicted octanol–water partition coefficient (Wildman–Crippen LogP) is 1.75. The highest BCUT2D eigenvalue weighted by Gasteiger charge is 2.20. The van der Waals surface area contributed by atoms with Gasteiger partial charge in [-0.2, -0.15) is 0 Å². The Morgan fingerprint density at radius 3 is 2.88 bits per heavy atom. The van der Waals surface area contributed by atoms with E-state index in [1.165, 1.54) is 5.56 Å². The summed E-state index contributed by atoms with van der Waals surface area (Å²) in [4.78, 5) is 0. The maximum absolute atomic E-state index is 5.37. The van der Waals surface area contributed by atoms with E-state index < -0.39 is 0 Å². The van der Waals surface area contributed by atoms with Gasteiger partial charge in [0.05, 0.1) is 19.3 Å². The molecule has 1 aromatic rings. The molecular weight excluding hydrogens is 202 g/mol. The quantitative estimate of drug-likeness (QED) is 0.821. The minimum atomic E-state index is 0.262. The first kappa shape index (κ1) is 11.6. The van der Waals surface area contributed by atoms with Crippen LogP contribution in [0.2, 0.25) is 0 Å². The molecule has 88 valence electrons. The van der Waals surface area contributed by atoms with Crippen LogP contribution in [0.1, 0.15) is 18.0 Å². The molecule has 0 amide bonds. The first-order valence-electron chi connectivity index (χ1n) is 5.78. The van der Waals surface area contributed by atoms with Crippen LogP contribution in [0.3, 0.4) is 0 Å². The summed E-state index contributed by atoms with van der Waals surface area (Å²) >= 11 is 0. The summed E-state index contributed by atoms with van der Waals surface area (Å²) in [5.41, 5.74) is 1.27. The number of ether oxygens (including phenoxy) is 2. The Hall–Kier alpha value is -0.900. The molecule has 2 rings (SSSR count). The van der Waals surface area contributed by atoms with Crippen LogP contribution in [0.4, 0.5) is 0 Å². The van der Waals surface area contributed by atoms with Crippen molar-refractivity contribution in [2.24, 2.45) is 0 Å².